The Hall–Kier alpha value is -2.56. The van der Waals surface area contributed by atoms with E-state index in [9.17, 15) is 9.18 Å². The Bertz CT molecular complexity index is 697. The van der Waals surface area contributed by atoms with E-state index in [1.54, 1.807) is 12.1 Å². The van der Waals surface area contributed by atoms with Crippen LogP contribution in [0.5, 0.6) is 0 Å². The first-order valence-electron chi connectivity index (χ1n) is 8.68. The third-order valence-corrected chi connectivity index (χ3v) is 4.14. The highest BCUT2D eigenvalue weighted by molar-refractivity contribution is 5.92. The number of hydrogen-bond acceptors (Lipinski definition) is 3. The first-order chi connectivity index (χ1) is 12.0. The van der Waals surface area contributed by atoms with E-state index in [1.165, 1.54) is 17.8 Å². The van der Waals surface area contributed by atoms with E-state index in [1.807, 2.05) is 19.1 Å². The van der Waals surface area contributed by atoms with E-state index in [0.29, 0.717) is 13.0 Å². The van der Waals surface area contributed by atoms with Crippen molar-refractivity contribution in [2.24, 2.45) is 0 Å². The number of halogens is 1. The number of aryl methyl sites for hydroxylation is 1. The molecule has 1 amide bonds. The summed E-state index contributed by atoms with van der Waals surface area (Å²) in [5.41, 5.74) is 3.85. The number of rotatable bonds is 8. The van der Waals surface area contributed by atoms with Crippen molar-refractivity contribution >= 4 is 23.0 Å². The summed E-state index contributed by atoms with van der Waals surface area (Å²) in [5.74, 6) is -0.319. The van der Waals surface area contributed by atoms with Gasteiger partial charge >= 0.3 is 0 Å². The van der Waals surface area contributed by atoms with Crippen LogP contribution in [0.1, 0.15) is 25.8 Å². The van der Waals surface area contributed by atoms with E-state index in [0.717, 1.165) is 30.0 Å². The SMILES string of the molecule is CCN(CC)c1ccc(NC(=O)CCNc2ccc(F)cc2)c(C)c1. The van der Waals surface area contributed by atoms with Crippen LogP contribution in [0, 0.1) is 12.7 Å². The number of nitrogens with zero attached hydrogens (tertiary/aromatic N) is 1. The fourth-order valence-electron chi connectivity index (χ4n) is 2.67. The summed E-state index contributed by atoms with van der Waals surface area (Å²) >= 11 is 0. The van der Waals surface area contributed by atoms with Crippen LogP contribution in [-0.4, -0.2) is 25.5 Å². The molecule has 0 aliphatic carbocycles. The van der Waals surface area contributed by atoms with Crippen molar-refractivity contribution in [1.82, 2.24) is 0 Å². The maximum atomic E-state index is 12.8. The fraction of sp³-hybridized carbons (Fsp3) is 0.350. The summed E-state index contributed by atoms with van der Waals surface area (Å²) in [4.78, 5) is 14.4. The van der Waals surface area contributed by atoms with Crippen LogP contribution in [0.3, 0.4) is 0 Å². The summed E-state index contributed by atoms with van der Waals surface area (Å²) in [5, 5.41) is 6.06. The van der Waals surface area contributed by atoms with Crippen molar-refractivity contribution in [3.63, 3.8) is 0 Å². The smallest absolute Gasteiger partial charge is 0.226 e. The van der Waals surface area contributed by atoms with Gasteiger partial charge in [-0.25, -0.2) is 4.39 Å². The van der Waals surface area contributed by atoms with Crippen LogP contribution in [0.15, 0.2) is 42.5 Å². The number of nitrogens with one attached hydrogen (secondary N) is 2. The van der Waals surface area contributed by atoms with E-state index in [4.69, 9.17) is 0 Å². The minimum Gasteiger partial charge on any atom is -0.385 e. The number of amides is 1. The molecule has 2 aromatic rings. The zero-order valence-electron chi connectivity index (χ0n) is 15.1. The molecule has 0 aliphatic heterocycles. The van der Waals surface area contributed by atoms with E-state index < -0.39 is 0 Å². The van der Waals surface area contributed by atoms with Gasteiger partial charge in [0.1, 0.15) is 5.82 Å². The topological polar surface area (TPSA) is 44.4 Å². The predicted molar refractivity (Wildman–Crippen MR) is 103 cm³/mol. The molecule has 0 aromatic heterocycles. The molecule has 134 valence electrons. The lowest BCUT2D eigenvalue weighted by Crippen LogP contribution is -2.22. The van der Waals surface area contributed by atoms with Gasteiger partial charge in [-0.05, 0) is 68.8 Å². The standard InChI is InChI=1S/C20H26FN3O/c1-4-24(5-2)18-10-11-19(15(3)14-18)23-20(25)12-13-22-17-8-6-16(21)7-9-17/h6-11,14,22H,4-5,12-13H2,1-3H3,(H,23,25). The molecule has 0 heterocycles. The highest BCUT2D eigenvalue weighted by Crippen LogP contribution is 2.22. The molecule has 2 rings (SSSR count). The lowest BCUT2D eigenvalue weighted by molar-refractivity contribution is -0.115. The predicted octanol–water partition coefficient (Wildman–Crippen LogP) is 4.42. The third-order valence-electron chi connectivity index (χ3n) is 4.14. The molecule has 0 aliphatic rings. The second-order valence-electron chi connectivity index (χ2n) is 5.90. The summed E-state index contributed by atoms with van der Waals surface area (Å²) in [6.07, 6.45) is 0.342. The maximum absolute atomic E-state index is 12.8. The van der Waals surface area contributed by atoms with Gasteiger partial charge < -0.3 is 15.5 Å². The molecule has 0 unspecified atom stereocenters. The normalized spacial score (nSPS) is 10.4. The summed E-state index contributed by atoms with van der Waals surface area (Å²) < 4.78 is 12.8. The minimum absolute atomic E-state index is 0.0479. The van der Waals surface area contributed by atoms with Gasteiger partial charge in [-0.15, -0.1) is 0 Å². The molecule has 0 fully saturated rings. The van der Waals surface area contributed by atoms with Gasteiger partial charge in [0, 0.05) is 43.1 Å². The highest BCUT2D eigenvalue weighted by atomic mass is 19.1. The second kappa shape index (κ2) is 9.06. The molecular weight excluding hydrogens is 317 g/mol. The van der Waals surface area contributed by atoms with E-state index >= 15 is 0 Å². The maximum Gasteiger partial charge on any atom is 0.226 e. The van der Waals surface area contributed by atoms with Gasteiger partial charge in [0.15, 0.2) is 0 Å². The van der Waals surface area contributed by atoms with Crippen LogP contribution in [0.4, 0.5) is 21.5 Å². The zero-order chi connectivity index (χ0) is 18.2. The number of anilines is 3. The highest BCUT2D eigenvalue weighted by Gasteiger charge is 2.08. The summed E-state index contributed by atoms with van der Waals surface area (Å²) in [6.45, 7) is 8.66. The molecular formula is C20H26FN3O. The first kappa shape index (κ1) is 18.8. The van der Waals surface area contributed by atoms with Gasteiger partial charge in [-0.2, -0.15) is 0 Å². The van der Waals surface area contributed by atoms with Crippen LogP contribution in [0.25, 0.3) is 0 Å². The van der Waals surface area contributed by atoms with Crippen LogP contribution >= 0.6 is 0 Å². The number of hydrogen-bond donors (Lipinski definition) is 2. The largest absolute Gasteiger partial charge is 0.385 e. The average molecular weight is 343 g/mol. The van der Waals surface area contributed by atoms with E-state index in [2.05, 4.69) is 35.4 Å². The Morgan fingerprint density at radius 1 is 1.08 bits per heavy atom. The van der Waals surface area contributed by atoms with Crippen molar-refractivity contribution in [1.29, 1.82) is 0 Å². The Balaban J connectivity index is 1.86. The monoisotopic (exact) mass is 343 g/mol. The number of carbonyl (C=O) groups excluding carboxylic acids is 1. The first-order valence-corrected chi connectivity index (χ1v) is 8.68. The quantitative estimate of drug-likeness (QED) is 0.746. The van der Waals surface area contributed by atoms with Crippen LogP contribution < -0.4 is 15.5 Å². The van der Waals surface area contributed by atoms with E-state index in [-0.39, 0.29) is 11.7 Å². The van der Waals surface area contributed by atoms with Crippen molar-refractivity contribution in [2.45, 2.75) is 27.2 Å². The Morgan fingerprint density at radius 3 is 2.36 bits per heavy atom. The average Bonchev–Trinajstić information content (AvgIpc) is 2.60. The van der Waals surface area contributed by atoms with Gasteiger partial charge in [0.25, 0.3) is 0 Å². The lowest BCUT2D eigenvalue weighted by atomic mass is 10.1. The van der Waals surface area contributed by atoms with Crippen LogP contribution in [-0.2, 0) is 4.79 Å². The fourth-order valence-corrected chi connectivity index (χ4v) is 2.67. The van der Waals surface area contributed by atoms with Crippen molar-refractivity contribution < 1.29 is 9.18 Å². The molecule has 0 radical (unpaired) electrons. The molecule has 0 spiro atoms. The molecule has 0 bridgehead atoms. The zero-order valence-corrected chi connectivity index (χ0v) is 15.1. The minimum atomic E-state index is -0.271. The van der Waals surface area contributed by atoms with Gasteiger partial charge in [0.05, 0.1) is 0 Å². The van der Waals surface area contributed by atoms with Crippen molar-refractivity contribution in [3.8, 4) is 0 Å². The lowest BCUT2D eigenvalue weighted by Gasteiger charge is -2.22. The van der Waals surface area contributed by atoms with Gasteiger partial charge in [-0.1, -0.05) is 0 Å². The third kappa shape index (κ3) is 5.48. The Morgan fingerprint density at radius 2 is 1.76 bits per heavy atom. The Labute approximate surface area is 149 Å². The number of benzene rings is 2. The van der Waals surface area contributed by atoms with Crippen molar-refractivity contribution in [2.75, 3.05) is 35.2 Å². The Kier molecular flexibility index (Phi) is 6.81. The molecule has 2 aromatic carbocycles. The summed E-state index contributed by atoms with van der Waals surface area (Å²) in [7, 11) is 0. The van der Waals surface area contributed by atoms with Gasteiger partial charge in [-0.3, -0.25) is 4.79 Å². The summed E-state index contributed by atoms with van der Waals surface area (Å²) in [6, 6.07) is 12.2. The van der Waals surface area contributed by atoms with Crippen LogP contribution in [0.2, 0.25) is 0 Å². The molecule has 4 nitrogen and oxygen atoms in total. The molecule has 2 N–H and O–H groups in total. The molecule has 5 heteroatoms. The second-order valence-corrected chi connectivity index (χ2v) is 5.90. The van der Waals surface area contributed by atoms with Crippen molar-refractivity contribution in [3.05, 3.63) is 53.8 Å². The van der Waals surface area contributed by atoms with Gasteiger partial charge in [0.2, 0.25) is 5.91 Å². The molecule has 25 heavy (non-hydrogen) atoms. The number of carbonyl (C=O) groups is 1. The molecule has 0 atom stereocenters. The molecule has 0 saturated heterocycles. The molecule has 0 saturated carbocycles.